The molecule has 5 heteroatoms. The molecule has 1 aromatic heterocycles. The third-order valence-electron chi connectivity index (χ3n) is 5.07. The first-order chi connectivity index (χ1) is 11.7. The van der Waals surface area contributed by atoms with Crippen LogP contribution >= 0.6 is 12.4 Å². The van der Waals surface area contributed by atoms with Gasteiger partial charge in [-0.25, -0.2) is 0 Å². The van der Waals surface area contributed by atoms with E-state index in [1.165, 1.54) is 54.7 Å². The molecule has 138 valence electrons. The first kappa shape index (κ1) is 20.0. The maximum Gasteiger partial charge on any atom is 0.0568 e. The molecule has 0 amide bonds. The number of rotatable bonds is 6. The Morgan fingerprint density at radius 3 is 2.64 bits per heavy atom. The van der Waals surface area contributed by atoms with Gasteiger partial charge in [0, 0.05) is 25.4 Å². The molecule has 25 heavy (non-hydrogen) atoms. The number of piperidine rings is 1. The van der Waals surface area contributed by atoms with Gasteiger partial charge in [-0.3, -0.25) is 9.58 Å². The highest BCUT2D eigenvalue weighted by Crippen LogP contribution is 2.27. The molecule has 1 saturated heterocycles. The summed E-state index contributed by atoms with van der Waals surface area (Å²) in [7, 11) is 1.98. The monoisotopic (exact) mass is 362 g/mol. The van der Waals surface area contributed by atoms with Gasteiger partial charge in [0.15, 0.2) is 0 Å². The molecule has 0 atom stereocenters. The third kappa shape index (κ3) is 5.30. The van der Waals surface area contributed by atoms with Crippen molar-refractivity contribution < 1.29 is 0 Å². The van der Waals surface area contributed by atoms with Gasteiger partial charge in [0.25, 0.3) is 0 Å². The van der Waals surface area contributed by atoms with E-state index < -0.39 is 0 Å². The van der Waals surface area contributed by atoms with E-state index >= 15 is 0 Å². The van der Waals surface area contributed by atoms with Crippen molar-refractivity contribution in [2.24, 2.45) is 13.0 Å². The molecule has 2 aromatic rings. The molecule has 0 radical (unpaired) electrons. The van der Waals surface area contributed by atoms with Crippen LogP contribution in [0.15, 0.2) is 30.6 Å². The Morgan fingerprint density at radius 2 is 2.00 bits per heavy atom. The number of hydrogen-bond acceptors (Lipinski definition) is 3. The second-order valence-electron chi connectivity index (χ2n) is 7.09. The van der Waals surface area contributed by atoms with Gasteiger partial charge in [-0.05, 0) is 63.0 Å². The number of aromatic nitrogens is 2. The summed E-state index contributed by atoms with van der Waals surface area (Å²) < 4.78 is 1.88. The summed E-state index contributed by atoms with van der Waals surface area (Å²) in [4.78, 5) is 2.60. The van der Waals surface area contributed by atoms with Crippen molar-refractivity contribution in [3.63, 3.8) is 0 Å². The first-order valence-electron chi connectivity index (χ1n) is 9.17. The molecule has 0 unspecified atom stereocenters. The van der Waals surface area contributed by atoms with Crippen LogP contribution in [0.3, 0.4) is 0 Å². The van der Waals surface area contributed by atoms with Crippen LogP contribution in [0.4, 0.5) is 0 Å². The Labute approximate surface area is 158 Å². The van der Waals surface area contributed by atoms with Crippen LogP contribution < -0.4 is 5.32 Å². The van der Waals surface area contributed by atoms with E-state index in [0.717, 1.165) is 19.0 Å². The Hall–Kier alpha value is -1.36. The normalized spacial score (nSPS) is 16.0. The van der Waals surface area contributed by atoms with Crippen LogP contribution in [-0.2, 0) is 13.6 Å². The zero-order chi connectivity index (χ0) is 16.9. The maximum absolute atomic E-state index is 4.35. The van der Waals surface area contributed by atoms with Crippen molar-refractivity contribution in [2.45, 2.75) is 33.2 Å². The zero-order valence-corrected chi connectivity index (χ0v) is 16.5. The first-order valence-corrected chi connectivity index (χ1v) is 9.17. The molecule has 1 aromatic carbocycles. The minimum atomic E-state index is 0. The van der Waals surface area contributed by atoms with Crippen LogP contribution in [0.2, 0.25) is 0 Å². The van der Waals surface area contributed by atoms with Crippen LogP contribution in [-0.4, -0.2) is 40.9 Å². The summed E-state index contributed by atoms with van der Waals surface area (Å²) in [5, 5.41) is 7.84. The van der Waals surface area contributed by atoms with E-state index in [1.54, 1.807) is 0 Å². The largest absolute Gasteiger partial charge is 0.317 e. The molecule has 0 spiro atoms. The van der Waals surface area contributed by atoms with Crippen LogP contribution in [0.1, 0.15) is 30.9 Å². The number of likely N-dealkylation sites (tertiary alicyclic amines) is 1. The molecule has 4 nitrogen and oxygen atoms in total. The molecule has 1 aliphatic rings. The number of nitrogens with one attached hydrogen (secondary N) is 1. The van der Waals surface area contributed by atoms with Crippen LogP contribution in [0.5, 0.6) is 0 Å². The molecule has 0 bridgehead atoms. The second kappa shape index (κ2) is 9.37. The van der Waals surface area contributed by atoms with E-state index in [9.17, 15) is 0 Å². The van der Waals surface area contributed by atoms with Gasteiger partial charge in [-0.15, -0.1) is 12.4 Å². The van der Waals surface area contributed by atoms with Crippen molar-refractivity contribution in [1.29, 1.82) is 0 Å². The smallest absolute Gasteiger partial charge is 0.0568 e. The van der Waals surface area contributed by atoms with E-state index in [1.807, 2.05) is 17.9 Å². The number of halogens is 1. The Morgan fingerprint density at radius 1 is 1.24 bits per heavy atom. The van der Waals surface area contributed by atoms with Crippen molar-refractivity contribution in [3.8, 4) is 11.1 Å². The summed E-state index contributed by atoms with van der Waals surface area (Å²) in [6, 6.07) is 6.82. The lowest BCUT2D eigenvalue weighted by Gasteiger charge is -2.32. The number of aryl methyl sites for hydroxylation is 2. The fourth-order valence-electron chi connectivity index (χ4n) is 3.60. The summed E-state index contributed by atoms with van der Waals surface area (Å²) >= 11 is 0. The SMILES string of the molecule is CCNCC1CCN(Cc2ccc(C)cc2-c2cnn(C)c2)CC1.Cl. The van der Waals surface area contributed by atoms with Gasteiger partial charge in [-0.1, -0.05) is 30.7 Å². The van der Waals surface area contributed by atoms with Gasteiger partial charge in [-0.2, -0.15) is 5.10 Å². The van der Waals surface area contributed by atoms with E-state index in [2.05, 4.69) is 53.6 Å². The highest BCUT2D eigenvalue weighted by molar-refractivity contribution is 5.85. The quantitative estimate of drug-likeness (QED) is 0.851. The molecule has 2 heterocycles. The van der Waals surface area contributed by atoms with Crippen LogP contribution in [0.25, 0.3) is 11.1 Å². The molecule has 0 saturated carbocycles. The zero-order valence-electron chi connectivity index (χ0n) is 15.7. The Bertz CT molecular complexity index is 659. The van der Waals surface area contributed by atoms with Gasteiger partial charge in [0.05, 0.1) is 6.20 Å². The fourth-order valence-corrected chi connectivity index (χ4v) is 3.60. The van der Waals surface area contributed by atoms with E-state index in [-0.39, 0.29) is 12.4 Å². The summed E-state index contributed by atoms with van der Waals surface area (Å²) in [5.74, 6) is 0.844. The standard InChI is InChI=1S/C20H30N4.ClH/c1-4-21-12-17-7-9-24(10-8-17)15-18-6-5-16(2)11-20(18)19-13-22-23(3)14-19;/h5-6,11,13-14,17,21H,4,7-10,12,15H2,1-3H3;1H. The van der Waals surface area contributed by atoms with Gasteiger partial charge < -0.3 is 5.32 Å². The van der Waals surface area contributed by atoms with Crippen molar-refractivity contribution >= 4 is 12.4 Å². The Kier molecular flexibility index (Phi) is 7.48. The molecule has 3 rings (SSSR count). The Balaban J connectivity index is 0.00000225. The van der Waals surface area contributed by atoms with E-state index in [4.69, 9.17) is 0 Å². The lowest BCUT2D eigenvalue weighted by molar-refractivity contribution is 0.176. The lowest BCUT2D eigenvalue weighted by atomic mass is 9.95. The topological polar surface area (TPSA) is 33.1 Å². The average molecular weight is 363 g/mol. The minimum absolute atomic E-state index is 0. The van der Waals surface area contributed by atoms with Gasteiger partial charge in [0.1, 0.15) is 0 Å². The van der Waals surface area contributed by atoms with Gasteiger partial charge >= 0.3 is 0 Å². The summed E-state index contributed by atoms with van der Waals surface area (Å²) in [6.45, 7) is 10.1. The summed E-state index contributed by atoms with van der Waals surface area (Å²) in [6.07, 6.45) is 6.70. The molecule has 0 aliphatic carbocycles. The van der Waals surface area contributed by atoms with Crippen molar-refractivity contribution in [3.05, 3.63) is 41.7 Å². The van der Waals surface area contributed by atoms with Gasteiger partial charge in [0.2, 0.25) is 0 Å². The number of nitrogens with zero attached hydrogens (tertiary/aromatic N) is 3. The van der Waals surface area contributed by atoms with E-state index in [0.29, 0.717) is 0 Å². The van der Waals surface area contributed by atoms with Crippen LogP contribution in [0, 0.1) is 12.8 Å². The van der Waals surface area contributed by atoms with Crippen molar-refractivity contribution in [1.82, 2.24) is 20.0 Å². The second-order valence-corrected chi connectivity index (χ2v) is 7.09. The summed E-state index contributed by atoms with van der Waals surface area (Å²) in [5.41, 5.74) is 5.27. The molecular weight excluding hydrogens is 332 g/mol. The molecule has 1 N–H and O–H groups in total. The fraction of sp³-hybridized carbons (Fsp3) is 0.550. The molecule has 1 fully saturated rings. The number of hydrogen-bond donors (Lipinski definition) is 1. The molecular formula is C20H31ClN4. The average Bonchev–Trinajstić information content (AvgIpc) is 3.02. The highest BCUT2D eigenvalue weighted by atomic mass is 35.5. The lowest BCUT2D eigenvalue weighted by Crippen LogP contribution is -2.36. The predicted molar refractivity (Wildman–Crippen MR) is 107 cm³/mol. The minimum Gasteiger partial charge on any atom is -0.317 e. The predicted octanol–water partition coefficient (Wildman–Crippen LogP) is 3.64. The highest BCUT2D eigenvalue weighted by Gasteiger charge is 2.20. The molecule has 1 aliphatic heterocycles. The maximum atomic E-state index is 4.35. The third-order valence-corrected chi connectivity index (χ3v) is 5.07. The number of benzene rings is 1. The van der Waals surface area contributed by atoms with Crippen molar-refractivity contribution in [2.75, 3.05) is 26.2 Å².